The van der Waals surface area contributed by atoms with Crippen molar-refractivity contribution in [1.82, 2.24) is 9.21 Å². The Labute approximate surface area is 169 Å². The Hall–Kier alpha value is -1.60. The van der Waals surface area contributed by atoms with E-state index in [0.29, 0.717) is 36.3 Å². The van der Waals surface area contributed by atoms with Gasteiger partial charge in [0.05, 0.1) is 11.4 Å². The maximum Gasteiger partial charge on any atom is 0.243 e. The third-order valence-corrected chi connectivity index (χ3v) is 7.80. The second-order valence-electron chi connectivity index (χ2n) is 7.82. The molecule has 1 heterocycles. The number of carbonyl (C=O) groups excluding carboxylic acids is 1. The van der Waals surface area contributed by atoms with E-state index in [0.717, 1.165) is 32.1 Å². The Balaban J connectivity index is 1.63. The number of nitrogens with zero attached hydrogens (tertiary/aromatic N) is 2. The largest absolute Gasteiger partial charge is 0.376 e. The molecule has 0 radical (unpaired) electrons. The van der Waals surface area contributed by atoms with E-state index in [-0.39, 0.29) is 12.5 Å². The molecule has 1 aliphatic carbocycles. The fraction of sp³-hybridized carbons (Fsp3) is 0.667. The van der Waals surface area contributed by atoms with Crippen molar-refractivity contribution in [2.75, 3.05) is 31.5 Å². The first kappa shape index (κ1) is 21.1. The fourth-order valence-electron chi connectivity index (χ4n) is 4.33. The van der Waals surface area contributed by atoms with Crippen molar-refractivity contribution in [3.8, 4) is 0 Å². The number of likely N-dealkylation sites (N-methyl/N-ethyl adjacent to an activating group) is 1. The van der Waals surface area contributed by atoms with Crippen LogP contribution in [0.1, 0.15) is 58.3 Å². The van der Waals surface area contributed by atoms with Gasteiger partial charge < -0.3 is 10.2 Å². The lowest BCUT2D eigenvalue weighted by Gasteiger charge is -2.33. The van der Waals surface area contributed by atoms with Gasteiger partial charge in [-0.3, -0.25) is 4.79 Å². The lowest BCUT2D eigenvalue weighted by molar-refractivity contribution is -0.132. The number of hydrogen-bond donors (Lipinski definition) is 1. The molecule has 6 nitrogen and oxygen atoms in total. The molecule has 3 rings (SSSR count). The van der Waals surface area contributed by atoms with Crippen LogP contribution in [-0.2, 0) is 14.8 Å². The zero-order valence-electron chi connectivity index (χ0n) is 16.9. The molecule has 1 saturated heterocycles. The normalized spacial score (nSPS) is 19.3. The molecular weight excluding hydrogens is 374 g/mol. The van der Waals surface area contributed by atoms with Gasteiger partial charge in [-0.2, -0.15) is 4.31 Å². The summed E-state index contributed by atoms with van der Waals surface area (Å²) in [5.41, 5.74) is 0.672. The fourth-order valence-corrected chi connectivity index (χ4v) is 5.89. The van der Waals surface area contributed by atoms with Crippen LogP contribution in [0.5, 0.6) is 0 Å². The molecule has 2 fully saturated rings. The van der Waals surface area contributed by atoms with E-state index in [2.05, 4.69) is 5.32 Å². The first-order valence-electron chi connectivity index (χ1n) is 10.7. The Morgan fingerprint density at radius 1 is 1.11 bits per heavy atom. The molecule has 0 bridgehead atoms. The number of rotatable bonds is 7. The summed E-state index contributed by atoms with van der Waals surface area (Å²) < 4.78 is 27.3. The summed E-state index contributed by atoms with van der Waals surface area (Å²) in [5, 5.41) is 3.14. The number of carbonyl (C=O) groups is 1. The number of anilines is 1. The molecule has 1 saturated carbocycles. The molecule has 1 aromatic rings. The molecule has 156 valence electrons. The van der Waals surface area contributed by atoms with Crippen molar-refractivity contribution < 1.29 is 13.2 Å². The van der Waals surface area contributed by atoms with Crippen LogP contribution in [0, 0.1) is 0 Å². The summed E-state index contributed by atoms with van der Waals surface area (Å²) in [6, 6.07) is 7.19. The minimum absolute atomic E-state index is 0.0821. The van der Waals surface area contributed by atoms with Crippen molar-refractivity contribution in [3.63, 3.8) is 0 Å². The second kappa shape index (κ2) is 9.74. The average molecular weight is 408 g/mol. The van der Waals surface area contributed by atoms with E-state index in [1.165, 1.54) is 19.3 Å². The summed E-state index contributed by atoms with van der Waals surface area (Å²) in [6.45, 7) is 4.11. The number of hydrogen-bond acceptors (Lipinski definition) is 4. The second-order valence-corrected chi connectivity index (χ2v) is 9.76. The number of nitrogens with one attached hydrogen (secondary N) is 1. The first-order chi connectivity index (χ1) is 13.5. The maximum absolute atomic E-state index is 12.9. The zero-order chi connectivity index (χ0) is 20.0. The van der Waals surface area contributed by atoms with Crippen LogP contribution in [0.15, 0.2) is 29.2 Å². The van der Waals surface area contributed by atoms with Crippen LogP contribution in [0.25, 0.3) is 0 Å². The van der Waals surface area contributed by atoms with Gasteiger partial charge in [0.25, 0.3) is 0 Å². The SMILES string of the molecule is CCN(C(=O)CNc1cccc(S(=O)(=O)N2CCCCC2)c1)C1CCCCC1. The number of piperidine rings is 1. The number of amides is 1. The van der Waals surface area contributed by atoms with E-state index >= 15 is 0 Å². The van der Waals surface area contributed by atoms with Crippen molar-refractivity contribution in [2.24, 2.45) is 0 Å². The van der Waals surface area contributed by atoms with Gasteiger partial charge >= 0.3 is 0 Å². The third kappa shape index (κ3) is 5.06. The minimum atomic E-state index is -3.46. The van der Waals surface area contributed by atoms with Gasteiger partial charge in [-0.05, 0) is 50.8 Å². The standard InChI is InChI=1S/C21H33N3O3S/c1-2-24(19-11-5-3-6-12-19)21(25)17-22-18-10-9-13-20(16-18)28(26,27)23-14-7-4-8-15-23/h9-10,13,16,19,22H,2-8,11-12,14-15,17H2,1H3. The lowest BCUT2D eigenvalue weighted by atomic mass is 9.94. The van der Waals surface area contributed by atoms with E-state index in [4.69, 9.17) is 0 Å². The third-order valence-electron chi connectivity index (χ3n) is 5.91. The number of benzene rings is 1. The summed E-state index contributed by atoms with van der Waals surface area (Å²) in [4.78, 5) is 15.0. The summed E-state index contributed by atoms with van der Waals surface area (Å²) in [5.74, 6) is 0.0821. The van der Waals surface area contributed by atoms with Crippen molar-refractivity contribution in [1.29, 1.82) is 0 Å². The highest BCUT2D eigenvalue weighted by Gasteiger charge is 2.26. The quantitative estimate of drug-likeness (QED) is 0.752. The van der Waals surface area contributed by atoms with Gasteiger partial charge in [0, 0.05) is 31.4 Å². The van der Waals surface area contributed by atoms with Crippen molar-refractivity contribution in [3.05, 3.63) is 24.3 Å². The minimum Gasteiger partial charge on any atom is -0.376 e. The Morgan fingerprint density at radius 2 is 1.79 bits per heavy atom. The van der Waals surface area contributed by atoms with Gasteiger partial charge in [-0.1, -0.05) is 31.7 Å². The van der Waals surface area contributed by atoms with Crippen LogP contribution in [0.4, 0.5) is 5.69 Å². The first-order valence-corrected chi connectivity index (χ1v) is 12.1. The molecule has 7 heteroatoms. The molecule has 1 aromatic carbocycles. The van der Waals surface area contributed by atoms with Gasteiger partial charge in [0.15, 0.2) is 0 Å². The van der Waals surface area contributed by atoms with Crippen molar-refractivity contribution >= 4 is 21.6 Å². The van der Waals surface area contributed by atoms with Crippen LogP contribution >= 0.6 is 0 Å². The Bertz CT molecular complexity index is 754. The molecule has 0 spiro atoms. The Kier molecular flexibility index (Phi) is 7.35. The van der Waals surface area contributed by atoms with Gasteiger partial charge in [-0.25, -0.2) is 8.42 Å². The van der Waals surface area contributed by atoms with Gasteiger partial charge in [-0.15, -0.1) is 0 Å². The molecule has 2 aliphatic rings. The molecule has 0 atom stereocenters. The van der Waals surface area contributed by atoms with Crippen LogP contribution in [0.2, 0.25) is 0 Å². The summed E-state index contributed by atoms with van der Waals surface area (Å²) in [6.07, 6.45) is 8.74. The summed E-state index contributed by atoms with van der Waals surface area (Å²) >= 11 is 0. The van der Waals surface area contributed by atoms with Crippen LogP contribution in [-0.4, -0.2) is 55.8 Å². The van der Waals surface area contributed by atoms with E-state index in [1.807, 2.05) is 17.9 Å². The topological polar surface area (TPSA) is 69.7 Å². The average Bonchev–Trinajstić information content (AvgIpc) is 2.74. The van der Waals surface area contributed by atoms with E-state index in [1.54, 1.807) is 22.5 Å². The molecule has 1 aliphatic heterocycles. The molecule has 0 unspecified atom stereocenters. The highest BCUT2D eigenvalue weighted by atomic mass is 32.2. The van der Waals surface area contributed by atoms with Crippen molar-refractivity contribution in [2.45, 2.75) is 69.2 Å². The monoisotopic (exact) mass is 407 g/mol. The Morgan fingerprint density at radius 3 is 2.46 bits per heavy atom. The number of sulfonamides is 1. The maximum atomic E-state index is 12.9. The molecule has 1 amide bonds. The highest BCUT2D eigenvalue weighted by molar-refractivity contribution is 7.89. The predicted molar refractivity (Wildman–Crippen MR) is 112 cm³/mol. The lowest BCUT2D eigenvalue weighted by Crippen LogP contribution is -2.43. The highest BCUT2D eigenvalue weighted by Crippen LogP contribution is 2.24. The predicted octanol–water partition coefficient (Wildman–Crippen LogP) is 3.45. The van der Waals surface area contributed by atoms with Crippen LogP contribution < -0.4 is 5.32 Å². The smallest absolute Gasteiger partial charge is 0.243 e. The molecule has 28 heavy (non-hydrogen) atoms. The van der Waals surface area contributed by atoms with E-state index in [9.17, 15) is 13.2 Å². The van der Waals surface area contributed by atoms with Crippen LogP contribution in [0.3, 0.4) is 0 Å². The van der Waals surface area contributed by atoms with Gasteiger partial charge in [0.1, 0.15) is 0 Å². The molecule has 1 N–H and O–H groups in total. The molecule has 0 aromatic heterocycles. The zero-order valence-corrected chi connectivity index (χ0v) is 17.7. The molecular formula is C21H33N3O3S. The van der Waals surface area contributed by atoms with E-state index < -0.39 is 10.0 Å². The summed E-state index contributed by atoms with van der Waals surface area (Å²) in [7, 11) is -3.46. The van der Waals surface area contributed by atoms with Gasteiger partial charge in [0.2, 0.25) is 15.9 Å².